The number of benzene rings is 2. The number of amides is 1. The van der Waals surface area contributed by atoms with Crippen LogP contribution in [-0.2, 0) is 4.79 Å². The molecule has 0 unspecified atom stereocenters. The van der Waals surface area contributed by atoms with Gasteiger partial charge in [-0.1, -0.05) is 29.3 Å². The van der Waals surface area contributed by atoms with Gasteiger partial charge in [0.25, 0.3) is 5.91 Å². The Kier molecular flexibility index (Phi) is 5.96. The predicted octanol–water partition coefficient (Wildman–Crippen LogP) is 4.03. The van der Waals surface area contributed by atoms with Crippen LogP contribution in [0.1, 0.15) is 0 Å². The Morgan fingerprint density at radius 2 is 1.78 bits per heavy atom. The standard InChI is InChI=1S/C16H15Cl2NO4/c1-21-12-7-6-10(8-14(12)22-2)19-15(20)9-23-13-5-3-4-11(17)16(13)18/h3-8H,9H2,1-2H3,(H,19,20). The first kappa shape index (κ1) is 17.2. The molecule has 0 aliphatic carbocycles. The molecule has 0 bridgehead atoms. The first-order chi connectivity index (χ1) is 11.0. The molecular formula is C16H15Cl2NO4. The molecule has 1 amide bonds. The Morgan fingerprint density at radius 1 is 1.04 bits per heavy atom. The second-order valence-electron chi connectivity index (χ2n) is 4.46. The first-order valence-electron chi connectivity index (χ1n) is 6.64. The van der Waals surface area contributed by atoms with Gasteiger partial charge in [0, 0.05) is 11.8 Å². The minimum absolute atomic E-state index is 0.200. The van der Waals surface area contributed by atoms with E-state index in [9.17, 15) is 4.79 Å². The third-order valence-corrected chi connectivity index (χ3v) is 3.74. The van der Waals surface area contributed by atoms with Gasteiger partial charge in [-0.3, -0.25) is 4.79 Å². The van der Waals surface area contributed by atoms with Crippen LogP contribution in [0.5, 0.6) is 17.2 Å². The van der Waals surface area contributed by atoms with E-state index in [4.69, 9.17) is 37.4 Å². The smallest absolute Gasteiger partial charge is 0.262 e. The summed E-state index contributed by atoms with van der Waals surface area (Å²) in [6, 6.07) is 10.0. The average molecular weight is 356 g/mol. The zero-order chi connectivity index (χ0) is 16.8. The molecule has 0 saturated heterocycles. The van der Waals surface area contributed by atoms with Crippen molar-refractivity contribution in [1.82, 2.24) is 0 Å². The van der Waals surface area contributed by atoms with Crippen molar-refractivity contribution in [2.45, 2.75) is 0 Å². The molecule has 5 nitrogen and oxygen atoms in total. The lowest BCUT2D eigenvalue weighted by Crippen LogP contribution is -2.20. The highest BCUT2D eigenvalue weighted by Crippen LogP contribution is 2.32. The monoisotopic (exact) mass is 355 g/mol. The molecular weight excluding hydrogens is 341 g/mol. The number of carbonyl (C=O) groups excluding carboxylic acids is 1. The summed E-state index contributed by atoms with van der Waals surface area (Å²) in [7, 11) is 3.06. The van der Waals surface area contributed by atoms with Crippen LogP contribution in [0.4, 0.5) is 5.69 Å². The van der Waals surface area contributed by atoms with Crippen molar-refractivity contribution >= 4 is 34.8 Å². The van der Waals surface area contributed by atoms with Crippen LogP contribution in [0.15, 0.2) is 36.4 Å². The number of hydrogen-bond donors (Lipinski definition) is 1. The minimum Gasteiger partial charge on any atom is -0.493 e. The van der Waals surface area contributed by atoms with Gasteiger partial charge in [-0.15, -0.1) is 0 Å². The highest BCUT2D eigenvalue weighted by Gasteiger charge is 2.10. The third kappa shape index (κ3) is 4.43. The van der Waals surface area contributed by atoms with Crippen LogP contribution >= 0.6 is 23.2 Å². The molecule has 0 spiro atoms. The molecule has 0 aromatic heterocycles. The van der Waals surface area contributed by atoms with E-state index in [-0.39, 0.29) is 17.5 Å². The van der Waals surface area contributed by atoms with Gasteiger partial charge in [0.05, 0.1) is 19.2 Å². The van der Waals surface area contributed by atoms with Gasteiger partial charge in [0.2, 0.25) is 0 Å². The quantitative estimate of drug-likeness (QED) is 0.849. The molecule has 2 rings (SSSR count). The summed E-state index contributed by atoms with van der Waals surface area (Å²) in [4.78, 5) is 12.0. The lowest BCUT2D eigenvalue weighted by molar-refractivity contribution is -0.118. The van der Waals surface area contributed by atoms with Gasteiger partial charge in [-0.25, -0.2) is 0 Å². The van der Waals surface area contributed by atoms with E-state index in [1.54, 1.807) is 43.5 Å². The van der Waals surface area contributed by atoms with E-state index in [1.165, 1.54) is 7.11 Å². The molecule has 0 saturated carbocycles. The number of methoxy groups -OCH3 is 2. The molecule has 7 heteroatoms. The number of carbonyl (C=O) groups is 1. The van der Waals surface area contributed by atoms with Crippen molar-refractivity contribution in [3.8, 4) is 17.2 Å². The fourth-order valence-corrected chi connectivity index (χ4v) is 2.20. The number of ether oxygens (including phenoxy) is 3. The van der Waals surface area contributed by atoms with Crippen LogP contribution in [0.25, 0.3) is 0 Å². The summed E-state index contributed by atoms with van der Waals surface area (Å²) in [6.45, 7) is -0.200. The maximum atomic E-state index is 12.0. The van der Waals surface area contributed by atoms with Crippen molar-refractivity contribution in [1.29, 1.82) is 0 Å². The van der Waals surface area contributed by atoms with Crippen molar-refractivity contribution in [3.05, 3.63) is 46.4 Å². The van der Waals surface area contributed by atoms with E-state index < -0.39 is 0 Å². The van der Waals surface area contributed by atoms with E-state index >= 15 is 0 Å². The normalized spacial score (nSPS) is 10.1. The number of anilines is 1. The lowest BCUT2D eigenvalue weighted by Gasteiger charge is -2.11. The zero-order valence-corrected chi connectivity index (χ0v) is 14.1. The molecule has 23 heavy (non-hydrogen) atoms. The van der Waals surface area contributed by atoms with Crippen LogP contribution < -0.4 is 19.5 Å². The Hall–Kier alpha value is -2.11. The van der Waals surface area contributed by atoms with Gasteiger partial charge in [-0.2, -0.15) is 0 Å². The van der Waals surface area contributed by atoms with Crippen LogP contribution in [0.3, 0.4) is 0 Å². The maximum absolute atomic E-state index is 12.0. The van der Waals surface area contributed by atoms with Crippen LogP contribution in [0, 0.1) is 0 Å². The summed E-state index contributed by atoms with van der Waals surface area (Å²) < 4.78 is 15.7. The molecule has 0 heterocycles. The summed E-state index contributed by atoms with van der Waals surface area (Å²) >= 11 is 11.9. The number of hydrogen-bond acceptors (Lipinski definition) is 4. The Labute approximate surface area is 144 Å². The van der Waals surface area contributed by atoms with Gasteiger partial charge in [0.1, 0.15) is 10.8 Å². The summed E-state index contributed by atoms with van der Waals surface area (Å²) in [5, 5.41) is 3.33. The lowest BCUT2D eigenvalue weighted by atomic mass is 10.2. The van der Waals surface area contributed by atoms with E-state index in [0.29, 0.717) is 28.0 Å². The van der Waals surface area contributed by atoms with Crippen LogP contribution in [0.2, 0.25) is 10.0 Å². The number of halogens is 2. The fourth-order valence-electron chi connectivity index (χ4n) is 1.85. The van der Waals surface area contributed by atoms with Crippen molar-refractivity contribution < 1.29 is 19.0 Å². The molecule has 0 fully saturated rings. The average Bonchev–Trinajstić information content (AvgIpc) is 2.56. The van der Waals surface area contributed by atoms with E-state index in [2.05, 4.69) is 5.32 Å². The highest BCUT2D eigenvalue weighted by atomic mass is 35.5. The fraction of sp³-hybridized carbons (Fsp3) is 0.188. The van der Waals surface area contributed by atoms with E-state index in [1.807, 2.05) is 0 Å². The highest BCUT2D eigenvalue weighted by molar-refractivity contribution is 6.42. The maximum Gasteiger partial charge on any atom is 0.262 e. The summed E-state index contributed by atoms with van der Waals surface area (Å²) in [5.41, 5.74) is 0.563. The summed E-state index contributed by atoms with van der Waals surface area (Å²) in [5.74, 6) is 1.10. The molecule has 2 aromatic rings. The Bertz CT molecular complexity index is 706. The topological polar surface area (TPSA) is 56.8 Å². The SMILES string of the molecule is COc1ccc(NC(=O)COc2cccc(Cl)c2Cl)cc1OC. The Morgan fingerprint density at radius 3 is 2.48 bits per heavy atom. The molecule has 0 aliphatic heterocycles. The zero-order valence-electron chi connectivity index (χ0n) is 12.6. The third-order valence-electron chi connectivity index (χ3n) is 2.94. The molecule has 1 N–H and O–H groups in total. The van der Waals surface area contributed by atoms with Gasteiger partial charge in [-0.05, 0) is 24.3 Å². The van der Waals surface area contributed by atoms with Crippen molar-refractivity contribution in [3.63, 3.8) is 0 Å². The first-order valence-corrected chi connectivity index (χ1v) is 7.39. The second-order valence-corrected chi connectivity index (χ2v) is 5.24. The van der Waals surface area contributed by atoms with E-state index in [0.717, 1.165) is 0 Å². The molecule has 122 valence electrons. The number of nitrogens with one attached hydrogen (secondary N) is 1. The van der Waals surface area contributed by atoms with Crippen molar-refractivity contribution in [2.75, 3.05) is 26.1 Å². The predicted molar refractivity (Wildman–Crippen MR) is 90.1 cm³/mol. The molecule has 0 atom stereocenters. The molecule has 0 radical (unpaired) electrons. The largest absolute Gasteiger partial charge is 0.493 e. The summed E-state index contributed by atoms with van der Waals surface area (Å²) in [6.07, 6.45) is 0. The number of rotatable bonds is 6. The minimum atomic E-state index is -0.340. The molecule has 0 aliphatic rings. The van der Waals surface area contributed by atoms with Gasteiger partial charge < -0.3 is 19.5 Å². The second kappa shape index (κ2) is 7.94. The van der Waals surface area contributed by atoms with Crippen molar-refractivity contribution in [2.24, 2.45) is 0 Å². The van der Waals surface area contributed by atoms with Crippen LogP contribution in [-0.4, -0.2) is 26.7 Å². The Balaban J connectivity index is 1.98. The van der Waals surface area contributed by atoms with Gasteiger partial charge in [0.15, 0.2) is 18.1 Å². The molecule has 2 aromatic carbocycles. The van der Waals surface area contributed by atoms with Gasteiger partial charge >= 0.3 is 0 Å².